The Kier molecular flexibility index (Phi) is 3.92. The van der Waals surface area contributed by atoms with E-state index in [1.807, 2.05) is 32.1 Å². The van der Waals surface area contributed by atoms with Crippen molar-refractivity contribution < 1.29 is 0 Å². The van der Waals surface area contributed by atoms with Gasteiger partial charge in [-0.25, -0.2) is 0 Å². The van der Waals surface area contributed by atoms with Crippen LogP contribution in [0.3, 0.4) is 0 Å². The Morgan fingerprint density at radius 1 is 1.20 bits per heavy atom. The summed E-state index contributed by atoms with van der Waals surface area (Å²) in [6, 6.07) is 0. The van der Waals surface area contributed by atoms with Gasteiger partial charge in [-0.05, 0) is 19.9 Å². The molecule has 0 aliphatic heterocycles. The zero-order valence-corrected chi connectivity index (χ0v) is 9.38. The van der Waals surface area contributed by atoms with Crippen LogP contribution in [0.1, 0.15) is 25.1 Å². The van der Waals surface area contributed by atoms with Crippen LogP contribution < -0.4 is 10.6 Å². The zero-order chi connectivity index (χ0) is 11.3. The van der Waals surface area contributed by atoms with E-state index in [9.17, 15) is 0 Å². The SMILES string of the molecule is C=C/C=c1/c(/C=C\C)c(C=C)[nH]/c1=C/C. The average Bonchev–Trinajstić information content (AvgIpc) is 2.58. The number of aromatic nitrogens is 1. The average molecular weight is 199 g/mol. The molecule has 0 atom stereocenters. The topological polar surface area (TPSA) is 15.8 Å². The maximum atomic E-state index is 3.80. The molecule has 0 bridgehead atoms. The molecule has 0 radical (unpaired) electrons. The number of hydrogen-bond donors (Lipinski definition) is 1. The van der Waals surface area contributed by atoms with Crippen LogP contribution in [0.5, 0.6) is 0 Å². The lowest BCUT2D eigenvalue weighted by atomic mass is 10.1. The summed E-state index contributed by atoms with van der Waals surface area (Å²) in [6.07, 6.45) is 11.8. The third-order valence-electron chi connectivity index (χ3n) is 2.25. The van der Waals surface area contributed by atoms with Crippen molar-refractivity contribution in [1.82, 2.24) is 4.98 Å². The Balaban J connectivity index is 3.72. The molecule has 78 valence electrons. The molecule has 0 aliphatic rings. The maximum absolute atomic E-state index is 3.80. The summed E-state index contributed by atoms with van der Waals surface area (Å²) in [4.78, 5) is 3.32. The lowest BCUT2D eigenvalue weighted by molar-refractivity contribution is 1.29. The third-order valence-corrected chi connectivity index (χ3v) is 2.25. The highest BCUT2D eigenvalue weighted by atomic mass is 14.7. The summed E-state index contributed by atoms with van der Waals surface area (Å²) in [5.74, 6) is 0. The summed E-state index contributed by atoms with van der Waals surface area (Å²) in [5, 5.41) is 2.28. The van der Waals surface area contributed by atoms with Crippen molar-refractivity contribution in [3.8, 4) is 0 Å². The van der Waals surface area contributed by atoms with Gasteiger partial charge in [0.1, 0.15) is 0 Å². The highest BCUT2D eigenvalue weighted by molar-refractivity contribution is 5.65. The fourth-order valence-electron chi connectivity index (χ4n) is 1.60. The number of aromatic amines is 1. The molecular formula is C14H17N. The molecule has 1 rings (SSSR count). The smallest absolute Gasteiger partial charge is 0.0458 e. The van der Waals surface area contributed by atoms with E-state index in [1.54, 1.807) is 6.08 Å². The predicted molar refractivity (Wildman–Crippen MR) is 69.6 cm³/mol. The molecule has 1 aromatic rings. The summed E-state index contributed by atoms with van der Waals surface area (Å²) in [6.45, 7) is 11.6. The molecule has 1 heterocycles. The van der Waals surface area contributed by atoms with Crippen LogP contribution in [0, 0.1) is 0 Å². The first kappa shape index (κ1) is 11.3. The van der Waals surface area contributed by atoms with Crippen molar-refractivity contribution in [2.75, 3.05) is 0 Å². The standard InChI is InChI=1S/C14H17N/c1-5-9-11-12(10-6-2)14(8-4)15-13(11)7-3/h5-10,15H,1,4H2,2-3H3/b10-6-,11-9-,13-7+. The number of nitrogens with one attached hydrogen (secondary N) is 1. The van der Waals surface area contributed by atoms with Gasteiger partial charge in [-0.1, -0.05) is 43.5 Å². The van der Waals surface area contributed by atoms with Crippen molar-refractivity contribution in [2.24, 2.45) is 0 Å². The molecule has 15 heavy (non-hydrogen) atoms. The fourth-order valence-corrected chi connectivity index (χ4v) is 1.60. The minimum absolute atomic E-state index is 1.05. The second kappa shape index (κ2) is 5.20. The van der Waals surface area contributed by atoms with Gasteiger partial charge in [0.05, 0.1) is 0 Å². The molecule has 1 nitrogen and oxygen atoms in total. The van der Waals surface area contributed by atoms with Gasteiger partial charge in [-0.3, -0.25) is 0 Å². The number of hydrogen-bond acceptors (Lipinski definition) is 0. The van der Waals surface area contributed by atoms with Crippen LogP contribution in [-0.2, 0) is 0 Å². The Bertz CT molecular complexity index is 498. The first-order valence-electron chi connectivity index (χ1n) is 5.04. The number of allylic oxidation sites excluding steroid dienone is 2. The zero-order valence-electron chi connectivity index (χ0n) is 9.38. The second-order valence-electron chi connectivity index (χ2n) is 3.17. The van der Waals surface area contributed by atoms with Crippen LogP contribution >= 0.6 is 0 Å². The normalized spacial score (nSPS) is 13.7. The Hall–Kier alpha value is -1.76. The molecule has 0 unspecified atom stereocenters. The summed E-state index contributed by atoms with van der Waals surface area (Å²) in [5.41, 5.74) is 2.22. The summed E-state index contributed by atoms with van der Waals surface area (Å²) >= 11 is 0. The van der Waals surface area contributed by atoms with E-state index < -0.39 is 0 Å². The molecule has 1 heteroatoms. The van der Waals surface area contributed by atoms with Crippen molar-refractivity contribution in [3.63, 3.8) is 0 Å². The molecule has 0 aliphatic carbocycles. The van der Waals surface area contributed by atoms with Crippen molar-refractivity contribution in [2.45, 2.75) is 13.8 Å². The lowest BCUT2D eigenvalue weighted by Crippen LogP contribution is -2.23. The monoisotopic (exact) mass is 199 g/mol. The largest absolute Gasteiger partial charge is 0.355 e. The Labute approximate surface area is 90.8 Å². The van der Waals surface area contributed by atoms with Gasteiger partial charge in [0.2, 0.25) is 0 Å². The summed E-state index contributed by atoms with van der Waals surface area (Å²) < 4.78 is 0. The van der Waals surface area contributed by atoms with Gasteiger partial charge >= 0.3 is 0 Å². The van der Waals surface area contributed by atoms with Crippen LogP contribution in [0.15, 0.2) is 25.3 Å². The molecule has 0 saturated heterocycles. The van der Waals surface area contributed by atoms with Crippen LogP contribution in [-0.4, -0.2) is 4.98 Å². The molecule has 0 spiro atoms. The predicted octanol–water partition coefficient (Wildman–Crippen LogP) is 2.46. The first-order valence-corrected chi connectivity index (χ1v) is 5.04. The maximum Gasteiger partial charge on any atom is 0.0458 e. The minimum atomic E-state index is 1.05. The van der Waals surface area contributed by atoms with E-state index in [2.05, 4.69) is 30.3 Å². The third kappa shape index (κ3) is 2.18. The molecule has 0 amide bonds. The van der Waals surface area contributed by atoms with Gasteiger partial charge in [0.25, 0.3) is 0 Å². The molecule has 0 saturated carbocycles. The van der Waals surface area contributed by atoms with E-state index in [0.717, 1.165) is 11.0 Å². The lowest BCUT2D eigenvalue weighted by Gasteiger charge is -1.90. The van der Waals surface area contributed by atoms with Gasteiger partial charge in [-0.15, -0.1) is 0 Å². The van der Waals surface area contributed by atoms with Gasteiger partial charge in [0, 0.05) is 21.8 Å². The van der Waals surface area contributed by atoms with E-state index in [1.165, 1.54) is 10.8 Å². The van der Waals surface area contributed by atoms with Crippen LogP contribution in [0.2, 0.25) is 0 Å². The fraction of sp³-hybridized carbons (Fsp3) is 0.143. The number of H-pyrrole nitrogens is 1. The van der Waals surface area contributed by atoms with Crippen molar-refractivity contribution in [3.05, 3.63) is 47.1 Å². The first-order chi connectivity index (χ1) is 7.28. The van der Waals surface area contributed by atoms with E-state index in [-0.39, 0.29) is 0 Å². The van der Waals surface area contributed by atoms with Crippen molar-refractivity contribution >= 4 is 24.3 Å². The van der Waals surface area contributed by atoms with E-state index >= 15 is 0 Å². The van der Waals surface area contributed by atoms with E-state index in [0.29, 0.717) is 0 Å². The Morgan fingerprint density at radius 3 is 2.40 bits per heavy atom. The minimum Gasteiger partial charge on any atom is -0.355 e. The number of rotatable bonds is 3. The molecule has 1 N–H and O–H groups in total. The van der Waals surface area contributed by atoms with Gasteiger partial charge in [-0.2, -0.15) is 0 Å². The highest BCUT2D eigenvalue weighted by Gasteiger charge is 2.01. The molecule has 0 aromatic carbocycles. The van der Waals surface area contributed by atoms with Crippen LogP contribution in [0.4, 0.5) is 0 Å². The second-order valence-corrected chi connectivity index (χ2v) is 3.17. The van der Waals surface area contributed by atoms with Crippen molar-refractivity contribution in [1.29, 1.82) is 0 Å². The molecule has 0 fully saturated rings. The van der Waals surface area contributed by atoms with Gasteiger partial charge in [0.15, 0.2) is 0 Å². The summed E-state index contributed by atoms with van der Waals surface area (Å²) in [7, 11) is 0. The highest BCUT2D eigenvalue weighted by Crippen LogP contribution is 2.03. The Morgan fingerprint density at radius 2 is 1.93 bits per heavy atom. The quantitative estimate of drug-likeness (QED) is 0.769. The molecular weight excluding hydrogens is 182 g/mol. The molecule has 1 aromatic heterocycles. The van der Waals surface area contributed by atoms with E-state index in [4.69, 9.17) is 0 Å². The van der Waals surface area contributed by atoms with Crippen LogP contribution in [0.25, 0.3) is 24.3 Å². The van der Waals surface area contributed by atoms with Gasteiger partial charge < -0.3 is 4.98 Å².